The Balaban J connectivity index is 1.34. The molecule has 1 aromatic heterocycles. The molecule has 3 heterocycles. The number of likely N-dealkylation sites (N-methyl/N-ethyl adjacent to an activating group) is 1. The molecule has 8 nitrogen and oxygen atoms in total. The van der Waals surface area contributed by atoms with Gasteiger partial charge in [-0.05, 0) is 44.7 Å². The molecule has 2 N–H and O–H groups in total. The Kier molecular flexibility index (Phi) is 6.15. The van der Waals surface area contributed by atoms with E-state index in [2.05, 4.69) is 45.7 Å². The molecule has 0 bridgehead atoms. The number of carbonyl (C=O) groups excluding carboxylic acids is 2. The summed E-state index contributed by atoms with van der Waals surface area (Å²) in [5, 5.41) is 6.25. The molecule has 2 saturated heterocycles. The largest absolute Gasteiger partial charge is 0.489 e. The lowest BCUT2D eigenvalue weighted by atomic mass is 10.1. The first-order valence-electron chi connectivity index (χ1n) is 11.8. The number of fused-ring (bicyclic) bond motifs is 1. The zero-order valence-electron chi connectivity index (χ0n) is 19.6. The van der Waals surface area contributed by atoms with Gasteiger partial charge in [0.25, 0.3) is 5.91 Å². The molecular weight excluding hydrogens is 432 g/mol. The van der Waals surface area contributed by atoms with Crippen LogP contribution in [-0.2, 0) is 11.4 Å². The van der Waals surface area contributed by atoms with E-state index < -0.39 is 6.04 Å². The third-order valence-corrected chi connectivity index (χ3v) is 6.65. The summed E-state index contributed by atoms with van der Waals surface area (Å²) in [7, 11) is 2.15. The van der Waals surface area contributed by atoms with Gasteiger partial charge in [-0.3, -0.25) is 9.59 Å². The highest BCUT2D eigenvalue weighted by atomic mass is 16.5. The highest BCUT2D eigenvalue weighted by molar-refractivity contribution is 6.08. The van der Waals surface area contributed by atoms with E-state index in [1.807, 2.05) is 24.3 Å². The molecule has 2 aromatic carbocycles. The second-order valence-corrected chi connectivity index (χ2v) is 9.00. The molecule has 2 aliphatic heterocycles. The summed E-state index contributed by atoms with van der Waals surface area (Å²) in [6.07, 6.45) is 0.584. The van der Waals surface area contributed by atoms with Crippen LogP contribution in [0.1, 0.15) is 28.1 Å². The van der Waals surface area contributed by atoms with Crippen molar-refractivity contribution in [2.75, 3.05) is 44.7 Å². The van der Waals surface area contributed by atoms with Crippen LogP contribution in [0.3, 0.4) is 0 Å². The number of benzene rings is 2. The van der Waals surface area contributed by atoms with Crippen molar-refractivity contribution in [3.05, 3.63) is 59.4 Å². The van der Waals surface area contributed by atoms with Crippen LogP contribution in [-0.4, -0.2) is 62.5 Å². The van der Waals surface area contributed by atoms with E-state index in [1.165, 1.54) is 5.69 Å². The first-order valence-corrected chi connectivity index (χ1v) is 11.8. The van der Waals surface area contributed by atoms with E-state index in [0.29, 0.717) is 47.6 Å². The van der Waals surface area contributed by atoms with Crippen LogP contribution in [0.5, 0.6) is 5.75 Å². The summed E-state index contributed by atoms with van der Waals surface area (Å²) in [6, 6.07) is 13.3. The first kappa shape index (κ1) is 22.3. The molecule has 2 fully saturated rings. The topological polar surface area (TPSA) is 87.1 Å². The number of nitrogens with one attached hydrogen (secondary N) is 2. The molecule has 34 heavy (non-hydrogen) atoms. The Bertz CT molecular complexity index is 1210. The first-order chi connectivity index (χ1) is 16.5. The number of furan rings is 1. The third kappa shape index (κ3) is 4.46. The lowest BCUT2D eigenvalue weighted by Gasteiger charge is -2.35. The molecule has 1 atom stereocenters. The number of para-hydroxylation sites is 1. The van der Waals surface area contributed by atoms with Gasteiger partial charge >= 0.3 is 0 Å². The smallest absolute Gasteiger partial charge is 0.256 e. The van der Waals surface area contributed by atoms with Crippen molar-refractivity contribution in [1.29, 1.82) is 0 Å². The highest BCUT2D eigenvalue weighted by Crippen LogP contribution is 2.30. The van der Waals surface area contributed by atoms with E-state index in [4.69, 9.17) is 9.15 Å². The van der Waals surface area contributed by atoms with E-state index in [0.717, 1.165) is 31.7 Å². The lowest BCUT2D eigenvalue weighted by Crippen LogP contribution is -2.44. The molecule has 0 spiro atoms. The number of anilines is 1. The summed E-state index contributed by atoms with van der Waals surface area (Å²) < 4.78 is 12.0. The van der Waals surface area contributed by atoms with E-state index >= 15 is 0 Å². The van der Waals surface area contributed by atoms with Crippen molar-refractivity contribution in [3.63, 3.8) is 0 Å². The Morgan fingerprint density at radius 1 is 1.18 bits per heavy atom. The fourth-order valence-corrected chi connectivity index (χ4v) is 4.68. The minimum absolute atomic E-state index is 0.151. The Morgan fingerprint density at radius 2 is 1.97 bits per heavy atom. The highest BCUT2D eigenvalue weighted by Gasteiger charge is 2.28. The average Bonchev–Trinajstić information content (AvgIpc) is 3.39. The maximum atomic E-state index is 13.0. The molecule has 0 radical (unpaired) electrons. The molecule has 0 aliphatic carbocycles. The predicted octanol–water partition coefficient (Wildman–Crippen LogP) is 2.69. The summed E-state index contributed by atoms with van der Waals surface area (Å²) >= 11 is 0. The van der Waals surface area contributed by atoms with Crippen molar-refractivity contribution < 1.29 is 18.7 Å². The zero-order valence-corrected chi connectivity index (χ0v) is 19.6. The minimum Gasteiger partial charge on any atom is -0.489 e. The Hall–Kier alpha value is -3.52. The van der Waals surface area contributed by atoms with E-state index in [-0.39, 0.29) is 11.8 Å². The van der Waals surface area contributed by atoms with Crippen molar-refractivity contribution in [1.82, 2.24) is 15.5 Å². The number of amides is 2. The number of ether oxygens (including phenoxy) is 1. The Morgan fingerprint density at radius 3 is 2.74 bits per heavy atom. The molecule has 5 rings (SSSR count). The molecular formula is C26H30N4O4. The van der Waals surface area contributed by atoms with Crippen LogP contribution in [0, 0.1) is 6.92 Å². The standard InChI is InChI=1S/C26H30N4O4/c1-17-24(26(32)28-21-9-10-27-25(21)31)20-15-19(7-8-23(20)34-17)33-16-18-5-3-4-6-22(18)30-13-11-29(2)12-14-30/h3-8,15,21H,9-14,16H2,1-2H3,(H,27,31)(H,28,32). The second-order valence-electron chi connectivity index (χ2n) is 9.00. The molecule has 2 amide bonds. The van der Waals surface area contributed by atoms with Crippen LogP contribution < -0.4 is 20.3 Å². The number of piperazine rings is 1. The van der Waals surface area contributed by atoms with Crippen LogP contribution in [0.25, 0.3) is 11.0 Å². The predicted molar refractivity (Wildman–Crippen MR) is 130 cm³/mol. The van der Waals surface area contributed by atoms with Crippen molar-refractivity contribution in [2.24, 2.45) is 0 Å². The minimum atomic E-state index is -0.512. The van der Waals surface area contributed by atoms with Crippen LogP contribution >= 0.6 is 0 Å². The van der Waals surface area contributed by atoms with E-state index in [9.17, 15) is 9.59 Å². The number of aryl methyl sites for hydroxylation is 1. The van der Waals surface area contributed by atoms with Gasteiger partial charge < -0.3 is 29.6 Å². The van der Waals surface area contributed by atoms with Gasteiger partial charge in [-0.1, -0.05) is 18.2 Å². The number of hydrogen-bond donors (Lipinski definition) is 2. The third-order valence-electron chi connectivity index (χ3n) is 6.65. The normalized spacial score (nSPS) is 18.8. The van der Waals surface area contributed by atoms with Gasteiger partial charge in [-0.2, -0.15) is 0 Å². The Labute approximate surface area is 198 Å². The van der Waals surface area contributed by atoms with Crippen molar-refractivity contribution >= 4 is 28.5 Å². The van der Waals surface area contributed by atoms with Gasteiger partial charge in [0.15, 0.2) is 0 Å². The van der Waals surface area contributed by atoms with Crippen molar-refractivity contribution in [2.45, 2.75) is 26.0 Å². The maximum Gasteiger partial charge on any atom is 0.256 e. The van der Waals surface area contributed by atoms with Gasteiger partial charge in [0.05, 0.1) is 5.56 Å². The van der Waals surface area contributed by atoms with Gasteiger partial charge in [0.2, 0.25) is 5.91 Å². The lowest BCUT2D eigenvalue weighted by molar-refractivity contribution is -0.120. The second kappa shape index (κ2) is 9.38. The number of hydrogen-bond acceptors (Lipinski definition) is 6. The number of nitrogens with zero attached hydrogens (tertiary/aromatic N) is 2. The fraction of sp³-hybridized carbons (Fsp3) is 0.385. The van der Waals surface area contributed by atoms with Crippen molar-refractivity contribution in [3.8, 4) is 5.75 Å². The average molecular weight is 463 g/mol. The summed E-state index contributed by atoms with van der Waals surface area (Å²) in [6.45, 7) is 6.82. The molecule has 0 saturated carbocycles. The number of rotatable bonds is 6. The van der Waals surface area contributed by atoms with Gasteiger partial charge in [0.1, 0.15) is 29.7 Å². The van der Waals surface area contributed by atoms with Crippen LogP contribution in [0.15, 0.2) is 46.9 Å². The molecule has 1 unspecified atom stereocenters. The fourth-order valence-electron chi connectivity index (χ4n) is 4.68. The molecule has 8 heteroatoms. The van der Waals surface area contributed by atoms with Gasteiger partial charge in [-0.15, -0.1) is 0 Å². The monoisotopic (exact) mass is 462 g/mol. The summed E-state index contributed by atoms with van der Waals surface area (Å²) in [4.78, 5) is 29.6. The molecule has 3 aromatic rings. The quantitative estimate of drug-likeness (QED) is 0.586. The van der Waals surface area contributed by atoms with E-state index in [1.54, 1.807) is 6.92 Å². The van der Waals surface area contributed by atoms with Gasteiger partial charge in [-0.25, -0.2) is 0 Å². The number of carbonyl (C=O) groups is 2. The zero-order chi connectivity index (χ0) is 23.7. The maximum absolute atomic E-state index is 13.0. The van der Waals surface area contributed by atoms with Gasteiger partial charge in [0, 0.05) is 49.4 Å². The van der Waals surface area contributed by atoms with Crippen LogP contribution in [0.4, 0.5) is 5.69 Å². The molecule has 2 aliphatic rings. The van der Waals surface area contributed by atoms with Crippen LogP contribution in [0.2, 0.25) is 0 Å². The molecule has 178 valence electrons. The SMILES string of the molecule is Cc1oc2ccc(OCc3ccccc3N3CCN(C)CC3)cc2c1C(=O)NC1CCNC1=O. The summed E-state index contributed by atoms with van der Waals surface area (Å²) in [5.74, 6) is 0.718. The summed E-state index contributed by atoms with van der Waals surface area (Å²) in [5.41, 5.74) is 3.38.